The molecule has 0 aliphatic heterocycles. The number of aromatic amines is 1. The van der Waals surface area contributed by atoms with E-state index in [4.69, 9.17) is 0 Å². The molecule has 0 radical (unpaired) electrons. The van der Waals surface area contributed by atoms with Gasteiger partial charge in [0.05, 0.1) is 0 Å². The zero-order valence-electron chi connectivity index (χ0n) is 11.6. The van der Waals surface area contributed by atoms with Crippen molar-refractivity contribution in [3.63, 3.8) is 0 Å². The van der Waals surface area contributed by atoms with E-state index in [0.717, 1.165) is 0 Å². The Balaban J connectivity index is 0.000000902. The van der Waals surface area contributed by atoms with Crippen LogP contribution in [0, 0.1) is 0 Å². The predicted molar refractivity (Wildman–Crippen MR) is 68.3 cm³/mol. The second kappa shape index (κ2) is 5.81. The summed E-state index contributed by atoms with van der Waals surface area (Å²) in [6.45, 7) is 6.93. The summed E-state index contributed by atoms with van der Waals surface area (Å²) in [5.41, 5.74) is 3.48. The van der Waals surface area contributed by atoms with Gasteiger partial charge in [0.25, 0.3) is 0 Å². The van der Waals surface area contributed by atoms with Crippen molar-refractivity contribution in [1.82, 2.24) is 4.98 Å². The largest absolute Gasteiger partial charge is 1.00 e. The summed E-state index contributed by atoms with van der Waals surface area (Å²) in [5, 5.41) is 0. The number of rotatable bonds is 2. The van der Waals surface area contributed by atoms with Gasteiger partial charge < -0.3 is 24.8 Å². The average Bonchev–Trinajstić information content (AvgIpc) is 2.76. The van der Waals surface area contributed by atoms with E-state index >= 15 is 0 Å². The van der Waals surface area contributed by atoms with Crippen LogP contribution in [0.3, 0.4) is 0 Å². The Morgan fingerprint density at radius 2 is 2.00 bits per heavy atom. The Hall–Kier alpha value is 0.0543. The van der Waals surface area contributed by atoms with E-state index in [1.165, 1.54) is 18.4 Å². The smallest absolute Gasteiger partial charge is 1.00 e. The molecule has 0 amide bonds. The van der Waals surface area contributed by atoms with Gasteiger partial charge in [0.2, 0.25) is 0 Å². The average molecular weight is 332 g/mol. The van der Waals surface area contributed by atoms with E-state index in [-0.39, 0.29) is 49.4 Å². The monoisotopic (exact) mass is 331 g/mol. The molecule has 0 spiro atoms. The van der Waals surface area contributed by atoms with Gasteiger partial charge in [0.1, 0.15) is 0 Å². The van der Waals surface area contributed by atoms with E-state index in [9.17, 15) is 0 Å². The molecule has 0 aromatic carbocycles. The molecule has 3 rings (SSSR count). The summed E-state index contributed by atoms with van der Waals surface area (Å²) in [5.74, 6) is 0. The van der Waals surface area contributed by atoms with E-state index in [0.29, 0.717) is 3.72 Å². The first kappa shape index (κ1) is 17.1. The van der Waals surface area contributed by atoms with Crippen LogP contribution in [0.5, 0.6) is 0 Å². The number of hydrogen-bond acceptors (Lipinski definition) is 0. The van der Waals surface area contributed by atoms with Crippen LogP contribution >= 0.6 is 0 Å². The van der Waals surface area contributed by atoms with Crippen molar-refractivity contribution in [1.29, 1.82) is 0 Å². The van der Waals surface area contributed by atoms with Gasteiger partial charge in [0, 0.05) is 0 Å². The Morgan fingerprint density at radius 1 is 1.26 bits per heavy atom. The topological polar surface area (TPSA) is 15.8 Å². The molecule has 102 valence electrons. The number of H-pyrrole nitrogens is 1. The van der Waals surface area contributed by atoms with E-state index in [1.54, 1.807) is 9.57 Å². The van der Waals surface area contributed by atoms with Crippen LogP contribution in [-0.2, 0) is 24.6 Å². The number of hydrogen-bond donors (Lipinski definition) is 1. The molecule has 1 aromatic rings. The first-order valence-corrected chi connectivity index (χ1v) is 7.92. The quantitative estimate of drug-likeness (QED) is 0.576. The van der Waals surface area contributed by atoms with Crippen LogP contribution < -0.4 is 28.8 Å². The van der Waals surface area contributed by atoms with Crippen molar-refractivity contribution in [3.8, 4) is 0 Å². The minimum absolute atomic E-state index is 0. The SMILES string of the molecule is CC(C)(C)c1cc[nH][c]1[Ti+2][C]12C=CC=C1CC2.[Cl-].[Cl-]. The Kier molecular flexibility index (Phi) is 5.23. The first-order valence-electron chi connectivity index (χ1n) is 6.36. The molecule has 1 heterocycles. The van der Waals surface area contributed by atoms with Gasteiger partial charge >= 0.3 is 113 Å². The van der Waals surface area contributed by atoms with Crippen molar-refractivity contribution in [2.24, 2.45) is 0 Å². The van der Waals surface area contributed by atoms with Crippen LogP contribution in [0.1, 0.15) is 39.2 Å². The molecule has 1 aromatic heterocycles. The fraction of sp³-hybridized carbons (Fsp3) is 0.467. The Bertz CT molecular complexity index is 510. The number of aromatic nitrogens is 1. The molecule has 1 N–H and O–H groups in total. The van der Waals surface area contributed by atoms with E-state index < -0.39 is 0 Å². The maximum Gasteiger partial charge on any atom is -1.00 e. The number of halogens is 2. The normalized spacial score (nSPS) is 23.4. The molecule has 0 saturated heterocycles. The number of fused-ring (bicyclic) bond motifs is 1. The third-order valence-electron chi connectivity index (χ3n) is 3.94. The second-order valence-electron chi connectivity index (χ2n) is 6.16. The maximum atomic E-state index is 3.51. The molecule has 4 heteroatoms. The molecular formula is C15H19Cl2NTi. The van der Waals surface area contributed by atoms with Crippen molar-refractivity contribution >= 4 is 4.00 Å². The molecule has 1 nitrogen and oxygen atoms in total. The van der Waals surface area contributed by atoms with Crippen LogP contribution in [0.4, 0.5) is 0 Å². The molecule has 2 aliphatic rings. The first-order chi connectivity index (χ1) is 8.01. The molecule has 0 bridgehead atoms. The Labute approximate surface area is 137 Å². The van der Waals surface area contributed by atoms with Crippen molar-refractivity contribution in [2.75, 3.05) is 0 Å². The summed E-state index contributed by atoms with van der Waals surface area (Å²) in [7, 11) is 0. The van der Waals surface area contributed by atoms with Gasteiger partial charge in [-0.15, -0.1) is 0 Å². The molecule has 1 saturated carbocycles. The summed E-state index contributed by atoms with van der Waals surface area (Å²) in [4.78, 5) is 3.51. The molecule has 1 atom stereocenters. The fourth-order valence-corrected chi connectivity index (χ4v) is 5.91. The molecular weight excluding hydrogens is 313 g/mol. The molecule has 1 unspecified atom stereocenters. The molecule has 2 aliphatic carbocycles. The zero-order valence-corrected chi connectivity index (χ0v) is 14.6. The van der Waals surface area contributed by atoms with Gasteiger partial charge in [-0.3, -0.25) is 0 Å². The number of nitrogens with one attached hydrogen (secondary N) is 1. The fourth-order valence-electron chi connectivity index (χ4n) is 2.79. The van der Waals surface area contributed by atoms with Gasteiger partial charge in [-0.1, -0.05) is 0 Å². The molecule has 1 fully saturated rings. The van der Waals surface area contributed by atoms with Crippen molar-refractivity contribution < 1.29 is 44.0 Å². The Morgan fingerprint density at radius 3 is 2.53 bits per heavy atom. The van der Waals surface area contributed by atoms with Crippen LogP contribution in [0.15, 0.2) is 36.1 Å². The third-order valence-corrected chi connectivity index (χ3v) is 6.83. The van der Waals surface area contributed by atoms with Crippen molar-refractivity contribution in [3.05, 3.63) is 41.6 Å². The van der Waals surface area contributed by atoms with Gasteiger partial charge in [-0.05, 0) is 0 Å². The van der Waals surface area contributed by atoms with Gasteiger partial charge in [-0.2, -0.15) is 0 Å². The van der Waals surface area contributed by atoms with E-state index in [1.807, 2.05) is 0 Å². The van der Waals surface area contributed by atoms with E-state index in [2.05, 4.69) is 56.2 Å². The second-order valence-corrected chi connectivity index (χ2v) is 8.73. The minimum atomic E-state index is -0.128. The third kappa shape index (κ3) is 2.90. The van der Waals surface area contributed by atoms with Crippen LogP contribution in [0.2, 0.25) is 3.72 Å². The standard InChI is InChI=1S/C8H12N.C7H7.2ClH.Ti/c1-8(2,3)7-4-5-9-6-7;1-2-6-4-5-7(6)3-1;;;/h4-5,9H,1-3H3;1-3H,4-5H2;2*1H;/q;;;;+2/p-2. The van der Waals surface area contributed by atoms with Gasteiger partial charge in [0.15, 0.2) is 0 Å². The van der Waals surface area contributed by atoms with Crippen molar-refractivity contribution in [2.45, 2.75) is 42.7 Å². The molecule has 19 heavy (non-hydrogen) atoms. The number of allylic oxidation sites excluding steroid dienone is 4. The summed E-state index contributed by atoms with van der Waals surface area (Å²) < 4.78 is 2.04. The summed E-state index contributed by atoms with van der Waals surface area (Å²) in [6.07, 6.45) is 11.9. The predicted octanol–water partition coefficient (Wildman–Crippen LogP) is -2.52. The zero-order chi connectivity index (χ0) is 12.1. The van der Waals surface area contributed by atoms with Gasteiger partial charge in [-0.25, -0.2) is 0 Å². The minimum Gasteiger partial charge on any atom is -1.00 e. The summed E-state index contributed by atoms with van der Waals surface area (Å²) >= 11 is -0.128. The van der Waals surface area contributed by atoms with Crippen LogP contribution in [-0.4, -0.2) is 4.98 Å². The summed E-state index contributed by atoms with van der Waals surface area (Å²) in [6, 6.07) is 2.27. The maximum absolute atomic E-state index is 3.51. The van der Waals surface area contributed by atoms with Crippen LogP contribution in [0.25, 0.3) is 0 Å².